The van der Waals surface area contributed by atoms with Crippen molar-refractivity contribution < 1.29 is 14.0 Å². The van der Waals surface area contributed by atoms with Gasteiger partial charge in [-0.3, -0.25) is 9.59 Å². The number of likely N-dealkylation sites (tertiary alicyclic amines) is 1. The van der Waals surface area contributed by atoms with Crippen LogP contribution in [0.25, 0.3) is 0 Å². The zero-order valence-corrected chi connectivity index (χ0v) is 16.9. The third kappa shape index (κ3) is 4.87. The summed E-state index contributed by atoms with van der Waals surface area (Å²) < 4.78 is 14.6. The second-order valence-corrected chi connectivity index (χ2v) is 7.87. The van der Waals surface area contributed by atoms with Gasteiger partial charge in [0.05, 0.1) is 16.1 Å². The fourth-order valence-electron chi connectivity index (χ4n) is 3.15. The van der Waals surface area contributed by atoms with Crippen LogP contribution in [0.3, 0.4) is 0 Å². The van der Waals surface area contributed by atoms with Crippen molar-refractivity contribution in [2.24, 2.45) is 5.92 Å². The molecule has 142 valence electrons. The molecule has 1 saturated heterocycles. The molecule has 0 bridgehead atoms. The number of nitrogens with one attached hydrogen (secondary N) is 1. The molecular formula is C20H19BrClFN2O2. The first kappa shape index (κ1) is 19.8. The Kier molecular flexibility index (Phi) is 6.50. The number of nitrogens with zero attached hydrogens (tertiary/aromatic N) is 1. The molecule has 0 aliphatic carbocycles. The van der Waals surface area contributed by atoms with E-state index in [1.165, 1.54) is 12.1 Å². The summed E-state index contributed by atoms with van der Waals surface area (Å²) in [5.41, 5.74) is 0.534. The Morgan fingerprint density at radius 2 is 1.85 bits per heavy atom. The van der Waals surface area contributed by atoms with Crippen molar-refractivity contribution in [3.63, 3.8) is 0 Å². The van der Waals surface area contributed by atoms with Crippen molar-refractivity contribution in [2.75, 3.05) is 19.6 Å². The monoisotopic (exact) mass is 452 g/mol. The lowest BCUT2D eigenvalue weighted by atomic mass is 9.96. The summed E-state index contributed by atoms with van der Waals surface area (Å²) in [6.07, 6.45) is 1.51. The molecule has 1 aliphatic rings. The highest BCUT2D eigenvalue weighted by atomic mass is 79.9. The smallest absolute Gasteiger partial charge is 0.256 e. The van der Waals surface area contributed by atoms with Crippen LogP contribution < -0.4 is 5.32 Å². The number of hydrogen-bond acceptors (Lipinski definition) is 2. The Morgan fingerprint density at radius 1 is 1.15 bits per heavy atom. The lowest BCUT2D eigenvalue weighted by molar-refractivity contribution is 0.0679. The first-order valence-electron chi connectivity index (χ1n) is 8.72. The first-order valence-corrected chi connectivity index (χ1v) is 9.90. The molecule has 1 heterocycles. The summed E-state index contributed by atoms with van der Waals surface area (Å²) in [7, 11) is 0. The maximum Gasteiger partial charge on any atom is 0.256 e. The second-order valence-electron chi connectivity index (χ2n) is 6.55. The lowest BCUT2D eigenvalue weighted by Crippen LogP contribution is -2.41. The van der Waals surface area contributed by atoms with Crippen LogP contribution in [0.2, 0.25) is 5.02 Å². The fourth-order valence-corrected chi connectivity index (χ4v) is 3.71. The topological polar surface area (TPSA) is 49.4 Å². The highest BCUT2D eigenvalue weighted by Crippen LogP contribution is 2.22. The molecule has 2 aromatic carbocycles. The van der Waals surface area contributed by atoms with Gasteiger partial charge in [0, 0.05) is 24.1 Å². The molecule has 1 fully saturated rings. The number of amides is 2. The van der Waals surface area contributed by atoms with Crippen LogP contribution in [0.5, 0.6) is 0 Å². The molecule has 27 heavy (non-hydrogen) atoms. The molecular weight excluding hydrogens is 435 g/mol. The third-order valence-electron chi connectivity index (χ3n) is 4.73. The van der Waals surface area contributed by atoms with Crippen LogP contribution in [0.15, 0.2) is 46.9 Å². The molecule has 1 N–H and O–H groups in total. The predicted molar refractivity (Wildman–Crippen MR) is 107 cm³/mol. The van der Waals surface area contributed by atoms with Crippen LogP contribution in [0, 0.1) is 11.7 Å². The zero-order chi connectivity index (χ0) is 19.4. The summed E-state index contributed by atoms with van der Waals surface area (Å²) in [6, 6.07) is 11.2. The fraction of sp³-hybridized carbons (Fsp3) is 0.300. The molecule has 0 saturated carbocycles. The first-order chi connectivity index (χ1) is 13.0. The van der Waals surface area contributed by atoms with E-state index < -0.39 is 5.82 Å². The number of benzene rings is 2. The molecule has 0 unspecified atom stereocenters. The van der Waals surface area contributed by atoms with E-state index >= 15 is 0 Å². The number of rotatable bonds is 4. The van der Waals surface area contributed by atoms with E-state index in [0.717, 1.165) is 17.3 Å². The molecule has 2 amide bonds. The summed E-state index contributed by atoms with van der Waals surface area (Å²) >= 11 is 9.42. The molecule has 0 radical (unpaired) electrons. The average molecular weight is 454 g/mol. The predicted octanol–water partition coefficient (Wildman–Crippen LogP) is 4.52. The zero-order valence-electron chi connectivity index (χ0n) is 14.6. The molecule has 7 heteroatoms. The van der Waals surface area contributed by atoms with Gasteiger partial charge >= 0.3 is 0 Å². The standard InChI is InChI=1S/C20H19BrClFN2O2/c21-14-5-6-17(22)16(11-14)19(26)24-12-13-7-9-25(10-8-13)20(27)15-3-1-2-4-18(15)23/h1-6,11,13H,7-10,12H2,(H,24,26). The Balaban J connectivity index is 1.51. The van der Waals surface area contributed by atoms with Crippen LogP contribution in [0.1, 0.15) is 33.6 Å². The van der Waals surface area contributed by atoms with E-state index in [1.807, 2.05) is 0 Å². The van der Waals surface area contributed by atoms with Crippen molar-refractivity contribution in [3.05, 3.63) is 68.9 Å². The van der Waals surface area contributed by atoms with Gasteiger partial charge in [-0.25, -0.2) is 4.39 Å². The van der Waals surface area contributed by atoms with Crippen molar-refractivity contribution in [2.45, 2.75) is 12.8 Å². The SMILES string of the molecule is O=C(NCC1CCN(C(=O)c2ccccc2F)CC1)c1cc(Br)ccc1Cl. The van der Waals surface area contributed by atoms with Crippen molar-refractivity contribution >= 4 is 39.3 Å². The van der Waals surface area contributed by atoms with Crippen LogP contribution >= 0.6 is 27.5 Å². The summed E-state index contributed by atoms with van der Waals surface area (Å²) in [4.78, 5) is 26.4. The average Bonchev–Trinajstić information content (AvgIpc) is 2.68. The van der Waals surface area contributed by atoms with Gasteiger partial charge in [0.25, 0.3) is 11.8 Å². The minimum absolute atomic E-state index is 0.105. The number of carbonyl (C=O) groups excluding carboxylic acids is 2. The number of hydrogen-bond donors (Lipinski definition) is 1. The van der Waals surface area contributed by atoms with Gasteiger partial charge in [-0.15, -0.1) is 0 Å². The van der Waals surface area contributed by atoms with Gasteiger partial charge < -0.3 is 10.2 Å². The van der Waals surface area contributed by atoms with Crippen molar-refractivity contribution in [3.8, 4) is 0 Å². The van der Waals surface area contributed by atoms with Crippen LogP contribution in [-0.4, -0.2) is 36.3 Å². The summed E-state index contributed by atoms with van der Waals surface area (Å²) in [5.74, 6) is -0.727. The van der Waals surface area contributed by atoms with E-state index in [-0.39, 0.29) is 23.3 Å². The highest BCUT2D eigenvalue weighted by molar-refractivity contribution is 9.10. The van der Waals surface area contributed by atoms with Gasteiger partial charge in [0.2, 0.25) is 0 Å². The minimum atomic E-state index is -0.497. The molecule has 3 rings (SSSR count). The molecule has 0 atom stereocenters. The highest BCUT2D eigenvalue weighted by Gasteiger charge is 2.25. The van der Waals surface area contributed by atoms with E-state index in [4.69, 9.17) is 11.6 Å². The van der Waals surface area contributed by atoms with E-state index in [0.29, 0.717) is 30.2 Å². The summed E-state index contributed by atoms with van der Waals surface area (Å²) in [6.45, 7) is 1.61. The Bertz CT molecular complexity index is 854. The Hall–Kier alpha value is -1.92. The van der Waals surface area contributed by atoms with Crippen molar-refractivity contribution in [1.29, 1.82) is 0 Å². The number of carbonyl (C=O) groups is 2. The minimum Gasteiger partial charge on any atom is -0.352 e. The molecule has 2 aromatic rings. The molecule has 4 nitrogen and oxygen atoms in total. The quantitative estimate of drug-likeness (QED) is 0.740. The molecule has 0 aromatic heterocycles. The van der Waals surface area contributed by atoms with E-state index in [2.05, 4.69) is 21.2 Å². The van der Waals surface area contributed by atoms with Gasteiger partial charge in [-0.1, -0.05) is 39.7 Å². The molecule has 0 spiro atoms. The normalized spacial score (nSPS) is 14.9. The number of halogens is 3. The van der Waals surface area contributed by atoms with Gasteiger partial charge in [-0.05, 0) is 49.1 Å². The van der Waals surface area contributed by atoms with E-state index in [9.17, 15) is 14.0 Å². The van der Waals surface area contributed by atoms with Gasteiger partial charge in [-0.2, -0.15) is 0 Å². The third-order valence-corrected chi connectivity index (χ3v) is 5.55. The van der Waals surface area contributed by atoms with Gasteiger partial charge in [0.15, 0.2) is 0 Å². The lowest BCUT2D eigenvalue weighted by Gasteiger charge is -2.32. The van der Waals surface area contributed by atoms with Crippen LogP contribution in [-0.2, 0) is 0 Å². The second kappa shape index (κ2) is 8.85. The molecule has 1 aliphatic heterocycles. The maximum absolute atomic E-state index is 13.8. The van der Waals surface area contributed by atoms with E-state index in [1.54, 1.807) is 35.2 Å². The number of piperidine rings is 1. The maximum atomic E-state index is 13.8. The van der Waals surface area contributed by atoms with Gasteiger partial charge in [0.1, 0.15) is 5.82 Å². The Morgan fingerprint density at radius 3 is 2.56 bits per heavy atom. The van der Waals surface area contributed by atoms with Crippen LogP contribution in [0.4, 0.5) is 4.39 Å². The van der Waals surface area contributed by atoms with Crippen molar-refractivity contribution in [1.82, 2.24) is 10.2 Å². The largest absolute Gasteiger partial charge is 0.352 e. The Labute approximate surface area is 170 Å². The summed E-state index contributed by atoms with van der Waals surface area (Å²) in [5, 5.41) is 3.32.